The van der Waals surface area contributed by atoms with Gasteiger partial charge in [-0.1, -0.05) is 0 Å². The van der Waals surface area contributed by atoms with Gasteiger partial charge >= 0.3 is 0 Å². The Kier molecular flexibility index (Phi) is 6.37. The van der Waals surface area contributed by atoms with Gasteiger partial charge in [-0.25, -0.2) is 0 Å². The highest BCUT2D eigenvalue weighted by molar-refractivity contribution is 6.14. The Balaban J connectivity index is 3.01. The van der Waals surface area contributed by atoms with E-state index < -0.39 is 5.50 Å². The third-order valence-electron chi connectivity index (χ3n) is 1.03. The molecule has 1 atom stereocenters. The lowest BCUT2D eigenvalue weighted by Gasteiger charge is -2.17. The third-order valence-corrected chi connectivity index (χ3v) is 1.03. The van der Waals surface area contributed by atoms with Crippen molar-refractivity contribution in [2.24, 2.45) is 5.73 Å². The Labute approximate surface area is 74.4 Å². The van der Waals surface area contributed by atoms with Crippen LogP contribution in [-0.2, 0) is 9.47 Å². The molecule has 12 heavy (non-hydrogen) atoms. The first-order valence-corrected chi connectivity index (χ1v) is 3.93. The topological polar surface area (TPSA) is 64.7 Å². The minimum Gasteiger partial charge on any atom is -0.398 e. The molecule has 3 N–H and O–H groups in total. The van der Waals surface area contributed by atoms with Crippen LogP contribution in [0.25, 0.3) is 0 Å². The van der Waals surface area contributed by atoms with Gasteiger partial charge in [0.05, 0.1) is 26.4 Å². The van der Waals surface area contributed by atoms with Gasteiger partial charge < -0.3 is 20.3 Å². The minimum absolute atomic E-state index is 0.110. The van der Waals surface area contributed by atoms with Crippen LogP contribution >= 0.6 is 0 Å². The molecule has 0 rings (SSSR count). The third kappa shape index (κ3) is 9.90. The summed E-state index contributed by atoms with van der Waals surface area (Å²) in [5, 5.41) is 9.01. The largest absolute Gasteiger partial charge is 0.398 e. The average molecular weight is 173 g/mol. The Morgan fingerprint density at radius 2 is 1.92 bits per heavy atom. The van der Waals surface area contributed by atoms with Crippen LogP contribution in [0.5, 0.6) is 0 Å². The van der Waals surface area contributed by atoms with E-state index >= 15 is 0 Å². The fraction of sp³-hybridized carbons (Fsp3) is 1.00. The molecular weight excluding hydrogens is 157 g/mol. The molecule has 0 aliphatic heterocycles. The molecule has 0 saturated heterocycles. The SMILES string of the molecule is [B]C(C)(O)COCCOCCN. The first-order valence-electron chi connectivity index (χ1n) is 3.93. The predicted molar refractivity (Wildman–Crippen MR) is 47.1 cm³/mol. The summed E-state index contributed by atoms with van der Waals surface area (Å²) in [5.41, 5.74) is 3.93. The van der Waals surface area contributed by atoms with Crippen molar-refractivity contribution in [3.8, 4) is 0 Å². The molecule has 2 radical (unpaired) electrons. The summed E-state index contributed by atoms with van der Waals surface area (Å²) in [6.45, 7) is 3.53. The maximum absolute atomic E-state index is 9.01. The smallest absolute Gasteiger partial charge is 0.116 e. The predicted octanol–water partition coefficient (Wildman–Crippen LogP) is -1.14. The van der Waals surface area contributed by atoms with Gasteiger partial charge in [0.1, 0.15) is 7.85 Å². The zero-order chi connectivity index (χ0) is 9.45. The highest BCUT2D eigenvalue weighted by Gasteiger charge is 2.10. The molecule has 0 bridgehead atoms. The van der Waals surface area contributed by atoms with Crippen LogP contribution in [0.15, 0.2) is 0 Å². The summed E-state index contributed by atoms with van der Waals surface area (Å²) in [4.78, 5) is 0. The van der Waals surface area contributed by atoms with Crippen molar-refractivity contribution in [3.05, 3.63) is 0 Å². The van der Waals surface area contributed by atoms with E-state index in [1.807, 2.05) is 0 Å². The molecule has 0 aromatic rings. The molecule has 1 unspecified atom stereocenters. The fourth-order valence-corrected chi connectivity index (χ4v) is 0.582. The van der Waals surface area contributed by atoms with Crippen LogP contribution in [-0.4, -0.2) is 51.4 Å². The maximum atomic E-state index is 9.01. The van der Waals surface area contributed by atoms with E-state index in [4.69, 9.17) is 28.2 Å². The Hall–Kier alpha value is -0.0951. The summed E-state index contributed by atoms with van der Waals surface area (Å²) in [7, 11) is 5.25. The molecule has 5 heteroatoms. The van der Waals surface area contributed by atoms with Gasteiger partial charge in [0.25, 0.3) is 0 Å². The number of ether oxygens (including phenoxy) is 2. The van der Waals surface area contributed by atoms with Gasteiger partial charge in [-0.15, -0.1) is 0 Å². The average Bonchev–Trinajstić information content (AvgIpc) is 1.94. The van der Waals surface area contributed by atoms with E-state index in [0.29, 0.717) is 26.4 Å². The van der Waals surface area contributed by atoms with Crippen LogP contribution in [0.3, 0.4) is 0 Å². The van der Waals surface area contributed by atoms with Gasteiger partial charge in [0, 0.05) is 12.0 Å². The molecular formula is C7H16BNO3. The quantitative estimate of drug-likeness (QED) is 0.377. The van der Waals surface area contributed by atoms with Crippen LogP contribution in [0.1, 0.15) is 6.92 Å². The molecule has 0 fully saturated rings. The molecule has 4 nitrogen and oxygen atoms in total. The van der Waals surface area contributed by atoms with E-state index in [9.17, 15) is 0 Å². The first kappa shape index (κ1) is 11.9. The van der Waals surface area contributed by atoms with Crippen molar-refractivity contribution in [3.63, 3.8) is 0 Å². The van der Waals surface area contributed by atoms with Crippen LogP contribution < -0.4 is 5.73 Å². The molecule has 0 aromatic carbocycles. The zero-order valence-electron chi connectivity index (χ0n) is 7.45. The van der Waals surface area contributed by atoms with Crippen molar-refractivity contribution >= 4 is 7.85 Å². The maximum Gasteiger partial charge on any atom is 0.116 e. The molecule has 0 aliphatic carbocycles. The van der Waals surface area contributed by atoms with Gasteiger partial charge in [0.2, 0.25) is 0 Å². The van der Waals surface area contributed by atoms with Crippen LogP contribution in [0, 0.1) is 0 Å². The Morgan fingerprint density at radius 1 is 1.33 bits per heavy atom. The van der Waals surface area contributed by atoms with Crippen molar-refractivity contribution in [1.82, 2.24) is 0 Å². The van der Waals surface area contributed by atoms with Crippen molar-refractivity contribution in [2.75, 3.05) is 33.0 Å². The molecule has 0 aromatic heterocycles. The van der Waals surface area contributed by atoms with E-state index in [1.165, 1.54) is 6.92 Å². The van der Waals surface area contributed by atoms with E-state index in [-0.39, 0.29) is 6.61 Å². The normalized spacial score (nSPS) is 15.9. The van der Waals surface area contributed by atoms with Gasteiger partial charge in [-0.2, -0.15) is 0 Å². The second kappa shape index (κ2) is 6.42. The summed E-state index contributed by atoms with van der Waals surface area (Å²) >= 11 is 0. The summed E-state index contributed by atoms with van der Waals surface area (Å²) < 4.78 is 10.0. The second-order valence-electron chi connectivity index (χ2n) is 2.81. The van der Waals surface area contributed by atoms with Crippen LogP contribution in [0.4, 0.5) is 0 Å². The minimum atomic E-state index is -1.26. The molecule has 0 amide bonds. The van der Waals surface area contributed by atoms with E-state index in [0.717, 1.165) is 0 Å². The summed E-state index contributed by atoms with van der Waals surface area (Å²) in [6.07, 6.45) is 0. The lowest BCUT2D eigenvalue weighted by Crippen LogP contribution is -2.31. The lowest BCUT2D eigenvalue weighted by atomic mass is 9.85. The molecule has 70 valence electrons. The Morgan fingerprint density at radius 3 is 2.42 bits per heavy atom. The monoisotopic (exact) mass is 173 g/mol. The molecule has 0 aliphatic rings. The van der Waals surface area contributed by atoms with E-state index in [1.54, 1.807) is 0 Å². The number of nitrogens with two attached hydrogens (primary N) is 1. The fourth-order valence-electron chi connectivity index (χ4n) is 0.582. The summed E-state index contributed by atoms with van der Waals surface area (Å²) in [6, 6.07) is 0. The van der Waals surface area contributed by atoms with Crippen molar-refractivity contribution in [1.29, 1.82) is 0 Å². The molecule has 0 heterocycles. The van der Waals surface area contributed by atoms with Gasteiger partial charge in [0.15, 0.2) is 0 Å². The number of aliphatic hydroxyl groups is 1. The number of rotatable bonds is 7. The first-order chi connectivity index (χ1) is 5.56. The zero-order valence-corrected chi connectivity index (χ0v) is 7.45. The van der Waals surface area contributed by atoms with Gasteiger partial charge in [-0.05, 0) is 6.92 Å². The van der Waals surface area contributed by atoms with Crippen molar-refractivity contribution < 1.29 is 14.6 Å². The highest BCUT2D eigenvalue weighted by atomic mass is 16.5. The summed E-state index contributed by atoms with van der Waals surface area (Å²) in [5.74, 6) is 0. The standard InChI is InChI=1S/C7H16BNO3/c1-7(8,10)6-12-5-4-11-3-2-9/h10H,2-6,9H2,1H3. The van der Waals surface area contributed by atoms with Gasteiger partial charge in [-0.3, -0.25) is 0 Å². The lowest BCUT2D eigenvalue weighted by molar-refractivity contribution is -0.00592. The van der Waals surface area contributed by atoms with Crippen LogP contribution in [0.2, 0.25) is 0 Å². The number of hydrogen-bond donors (Lipinski definition) is 2. The second-order valence-corrected chi connectivity index (χ2v) is 2.81. The Bertz CT molecular complexity index is 105. The highest BCUT2D eigenvalue weighted by Crippen LogP contribution is 1.95. The number of hydrogen-bond acceptors (Lipinski definition) is 4. The molecule has 0 saturated carbocycles. The van der Waals surface area contributed by atoms with Crippen molar-refractivity contribution in [2.45, 2.75) is 12.4 Å². The van der Waals surface area contributed by atoms with E-state index in [2.05, 4.69) is 0 Å². The molecule has 0 spiro atoms.